The van der Waals surface area contributed by atoms with Crippen molar-refractivity contribution in [2.45, 2.75) is 45.3 Å². The van der Waals surface area contributed by atoms with Crippen LogP contribution >= 0.6 is 0 Å². The second-order valence-electron chi connectivity index (χ2n) is 4.59. The minimum atomic E-state index is -0.0276. The van der Waals surface area contributed by atoms with Crippen LogP contribution in [0.5, 0.6) is 0 Å². The van der Waals surface area contributed by atoms with Gasteiger partial charge < -0.3 is 20.2 Å². The fraction of sp³-hybridized carbons (Fsp3) is 0.643. The summed E-state index contributed by atoms with van der Waals surface area (Å²) in [5.74, 6) is 0.835. The summed E-state index contributed by atoms with van der Waals surface area (Å²) in [6, 6.07) is 3.68. The van der Waals surface area contributed by atoms with Gasteiger partial charge in [-0.15, -0.1) is 0 Å². The third-order valence-electron chi connectivity index (χ3n) is 2.72. The molecule has 0 spiro atoms. The smallest absolute Gasteiger partial charge is 0.221 e. The van der Waals surface area contributed by atoms with E-state index in [9.17, 15) is 4.79 Å². The maximum atomic E-state index is 11.5. The van der Waals surface area contributed by atoms with E-state index in [-0.39, 0.29) is 11.9 Å². The molecule has 0 radical (unpaired) electrons. The van der Waals surface area contributed by atoms with Crippen molar-refractivity contribution in [3.8, 4) is 0 Å². The second-order valence-corrected chi connectivity index (χ2v) is 4.59. The Bertz CT molecular complexity index is 338. The maximum Gasteiger partial charge on any atom is 0.221 e. The quantitative estimate of drug-likeness (QED) is 0.634. The van der Waals surface area contributed by atoms with Crippen LogP contribution in [0.4, 0.5) is 0 Å². The van der Waals surface area contributed by atoms with Gasteiger partial charge in [0.2, 0.25) is 5.91 Å². The van der Waals surface area contributed by atoms with E-state index in [1.165, 1.54) is 0 Å². The van der Waals surface area contributed by atoms with Crippen LogP contribution in [-0.2, 0) is 16.1 Å². The molecule has 5 nitrogen and oxygen atoms in total. The topological polar surface area (TPSA) is 77.5 Å². The minimum Gasteiger partial charge on any atom is -0.467 e. The first-order valence-electron chi connectivity index (χ1n) is 6.84. The predicted octanol–water partition coefficient (Wildman–Crippen LogP) is 1.82. The molecule has 5 heteroatoms. The molecule has 0 fully saturated rings. The molecule has 0 saturated carbocycles. The molecule has 1 aromatic heterocycles. The van der Waals surface area contributed by atoms with Crippen molar-refractivity contribution in [2.24, 2.45) is 5.73 Å². The molecule has 0 aliphatic rings. The van der Waals surface area contributed by atoms with Gasteiger partial charge in [0.1, 0.15) is 12.4 Å². The lowest BCUT2D eigenvalue weighted by Crippen LogP contribution is -2.32. The SMILES string of the molecule is CCCC(N)CC(=O)NCCCOCc1ccco1. The van der Waals surface area contributed by atoms with Crippen molar-refractivity contribution >= 4 is 5.91 Å². The van der Waals surface area contributed by atoms with Gasteiger partial charge in [0, 0.05) is 25.6 Å². The first-order chi connectivity index (χ1) is 9.22. The van der Waals surface area contributed by atoms with Crippen molar-refractivity contribution < 1.29 is 13.9 Å². The van der Waals surface area contributed by atoms with Gasteiger partial charge in [-0.2, -0.15) is 0 Å². The fourth-order valence-electron chi connectivity index (χ4n) is 1.75. The summed E-state index contributed by atoms with van der Waals surface area (Å²) in [7, 11) is 0. The fourth-order valence-corrected chi connectivity index (χ4v) is 1.75. The molecule has 1 unspecified atom stereocenters. The number of carbonyl (C=O) groups excluding carboxylic acids is 1. The average molecular weight is 268 g/mol. The molecule has 0 aromatic carbocycles. The zero-order valence-corrected chi connectivity index (χ0v) is 11.6. The van der Waals surface area contributed by atoms with Crippen LogP contribution in [0.15, 0.2) is 22.8 Å². The molecule has 19 heavy (non-hydrogen) atoms. The number of nitrogens with one attached hydrogen (secondary N) is 1. The summed E-state index contributed by atoms with van der Waals surface area (Å²) in [5, 5.41) is 2.84. The van der Waals surface area contributed by atoms with Crippen LogP contribution < -0.4 is 11.1 Å². The lowest BCUT2D eigenvalue weighted by Gasteiger charge is -2.10. The maximum absolute atomic E-state index is 11.5. The number of hydrogen-bond donors (Lipinski definition) is 2. The highest BCUT2D eigenvalue weighted by Crippen LogP contribution is 2.02. The highest BCUT2D eigenvalue weighted by atomic mass is 16.5. The summed E-state index contributed by atoms with van der Waals surface area (Å²) in [6.07, 6.45) is 4.71. The van der Waals surface area contributed by atoms with Crippen molar-refractivity contribution in [2.75, 3.05) is 13.2 Å². The van der Waals surface area contributed by atoms with Gasteiger partial charge in [0.25, 0.3) is 0 Å². The first kappa shape index (κ1) is 15.7. The van der Waals surface area contributed by atoms with Crippen molar-refractivity contribution in [3.05, 3.63) is 24.2 Å². The van der Waals surface area contributed by atoms with E-state index in [0.717, 1.165) is 25.0 Å². The summed E-state index contributed by atoms with van der Waals surface area (Å²) < 4.78 is 10.5. The molecule has 0 aliphatic heterocycles. The molecule has 1 heterocycles. The molecule has 108 valence electrons. The van der Waals surface area contributed by atoms with Crippen molar-refractivity contribution in [1.29, 1.82) is 0 Å². The van der Waals surface area contributed by atoms with Gasteiger partial charge in [0.05, 0.1) is 6.26 Å². The van der Waals surface area contributed by atoms with E-state index >= 15 is 0 Å². The molecule has 1 rings (SSSR count). The Morgan fingerprint density at radius 2 is 2.42 bits per heavy atom. The zero-order valence-electron chi connectivity index (χ0n) is 11.6. The number of nitrogens with two attached hydrogens (primary N) is 1. The molecule has 0 saturated heterocycles. The molecular formula is C14H24N2O3. The van der Waals surface area contributed by atoms with E-state index in [1.807, 2.05) is 12.1 Å². The van der Waals surface area contributed by atoms with Crippen LogP contribution in [-0.4, -0.2) is 25.1 Å². The number of hydrogen-bond acceptors (Lipinski definition) is 4. The third kappa shape index (κ3) is 7.64. The van der Waals surface area contributed by atoms with Gasteiger partial charge in [-0.3, -0.25) is 4.79 Å². The van der Waals surface area contributed by atoms with E-state index in [0.29, 0.717) is 26.2 Å². The van der Waals surface area contributed by atoms with Gasteiger partial charge in [-0.25, -0.2) is 0 Å². The Kier molecular flexibility index (Phi) is 7.93. The summed E-state index contributed by atoms with van der Waals surface area (Å²) >= 11 is 0. The van der Waals surface area contributed by atoms with Crippen molar-refractivity contribution in [1.82, 2.24) is 5.32 Å². The zero-order chi connectivity index (χ0) is 13.9. The number of carbonyl (C=O) groups is 1. The molecule has 0 aliphatic carbocycles. The van der Waals surface area contributed by atoms with Crippen LogP contribution in [0.2, 0.25) is 0 Å². The van der Waals surface area contributed by atoms with Crippen LogP contribution in [0.1, 0.15) is 38.4 Å². The van der Waals surface area contributed by atoms with Crippen LogP contribution in [0.3, 0.4) is 0 Å². The molecule has 1 aromatic rings. The molecular weight excluding hydrogens is 244 g/mol. The van der Waals surface area contributed by atoms with Gasteiger partial charge >= 0.3 is 0 Å². The Balaban J connectivity index is 1.94. The van der Waals surface area contributed by atoms with Crippen LogP contribution in [0.25, 0.3) is 0 Å². The van der Waals surface area contributed by atoms with Gasteiger partial charge in [0.15, 0.2) is 0 Å². The first-order valence-corrected chi connectivity index (χ1v) is 6.84. The summed E-state index contributed by atoms with van der Waals surface area (Å²) in [5.41, 5.74) is 5.80. The van der Waals surface area contributed by atoms with E-state index in [4.69, 9.17) is 14.9 Å². The summed E-state index contributed by atoms with van der Waals surface area (Å²) in [6.45, 7) is 3.76. The standard InChI is InChI=1S/C14H24N2O3/c1-2-5-12(15)10-14(17)16-7-4-8-18-11-13-6-3-9-19-13/h3,6,9,12H,2,4-5,7-8,10-11,15H2,1H3,(H,16,17). The third-order valence-corrected chi connectivity index (χ3v) is 2.72. The monoisotopic (exact) mass is 268 g/mol. The number of amides is 1. The Labute approximate surface area is 114 Å². The highest BCUT2D eigenvalue weighted by molar-refractivity contribution is 5.76. The average Bonchev–Trinajstić information content (AvgIpc) is 2.86. The highest BCUT2D eigenvalue weighted by Gasteiger charge is 2.07. The number of rotatable bonds is 10. The van der Waals surface area contributed by atoms with Gasteiger partial charge in [-0.05, 0) is 25.0 Å². The molecule has 1 amide bonds. The predicted molar refractivity (Wildman–Crippen MR) is 73.5 cm³/mol. The lowest BCUT2D eigenvalue weighted by atomic mass is 10.1. The largest absolute Gasteiger partial charge is 0.467 e. The van der Waals surface area contributed by atoms with Gasteiger partial charge in [-0.1, -0.05) is 13.3 Å². The number of furan rings is 1. The van der Waals surface area contributed by atoms with E-state index in [2.05, 4.69) is 12.2 Å². The molecule has 1 atom stereocenters. The number of ether oxygens (including phenoxy) is 1. The minimum absolute atomic E-state index is 0.0204. The normalized spacial score (nSPS) is 12.3. The van der Waals surface area contributed by atoms with Crippen LogP contribution in [0, 0.1) is 0 Å². The Hall–Kier alpha value is -1.33. The lowest BCUT2D eigenvalue weighted by molar-refractivity contribution is -0.121. The Morgan fingerprint density at radius 1 is 1.58 bits per heavy atom. The molecule has 3 N–H and O–H groups in total. The Morgan fingerprint density at radius 3 is 3.11 bits per heavy atom. The van der Waals surface area contributed by atoms with Crippen molar-refractivity contribution in [3.63, 3.8) is 0 Å². The summed E-state index contributed by atoms with van der Waals surface area (Å²) in [4.78, 5) is 11.5. The van der Waals surface area contributed by atoms with E-state index < -0.39 is 0 Å². The molecule has 0 bridgehead atoms. The second kappa shape index (κ2) is 9.58. The van der Waals surface area contributed by atoms with E-state index in [1.54, 1.807) is 6.26 Å².